The number of nitrogens with two attached hydrogens (primary N) is 1. The minimum atomic E-state index is -3.42. The van der Waals surface area contributed by atoms with Gasteiger partial charge in [0.2, 0.25) is 10.0 Å². The Kier molecular flexibility index (Phi) is 5.37. The minimum absolute atomic E-state index is 0.439. The van der Waals surface area contributed by atoms with Gasteiger partial charge in [-0.1, -0.05) is 24.3 Å². The molecule has 100 valence electrons. The highest BCUT2D eigenvalue weighted by Crippen LogP contribution is 2.12. The Morgan fingerprint density at radius 2 is 1.89 bits per heavy atom. The SMILES string of the molecule is COc1ccc(CC=CCC(C)S(N)(=O)=O)cc1. The zero-order chi connectivity index (χ0) is 13.6. The van der Waals surface area contributed by atoms with Crippen LogP contribution in [0.15, 0.2) is 36.4 Å². The second-order valence-corrected chi connectivity index (χ2v) is 6.14. The molecule has 1 unspecified atom stereocenters. The van der Waals surface area contributed by atoms with Crippen molar-refractivity contribution in [3.05, 3.63) is 42.0 Å². The van der Waals surface area contributed by atoms with Crippen LogP contribution in [0.5, 0.6) is 5.75 Å². The fourth-order valence-corrected chi connectivity index (χ4v) is 1.78. The predicted octanol–water partition coefficient (Wildman–Crippen LogP) is 1.86. The molecule has 1 aromatic carbocycles. The summed E-state index contributed by atoms with van der Waals surface area (Å²) in [4.78, 5) is 0. The van der Waals surface area contributed by atoms with Crippen molar-refractivity contribution in [3.8, 4) is 5.75 Å². The quantitative estimate of drug-likeness (QED) is 0.801. The largest absolute Gasteiger partial charge is 0.497 e. The molecule has 0 radical (unpaired) electrons. The van der Waals surface area contributed by atoms with E-state index in [1.807, 2.05) is 36.4 Å². The number of benzene rings is 1. The summed E-state index contributed by atoms with van der Waals surface area (Å²) in [5.41, 5.74) is 1.15. The Bertz CT molecular complexity index is 491. The first-order chi connectivity index (χ1) is 8.43. The molecule has 1 atom stereocenters. The topological polar surface area (TPSA) is 69.4 Å². The highest BCUT2D eigenvalue weighted by atomic mass is 32.2. The van der Waals surface area contributed by atoms with E-state index in [1.165, 1.54) is 0 Å². The van der Waals surface area contributed by atoms with Crippen LogP contribution in [0.3, 0.4) is 0 Å². The van der Waals surface area contributed by atoms with Gasteiger partial charge in [-0.25, -0.2) is 13.6 Å². The molecule has 1 rings (SSSR count). The van der Waals surface area contributed by atoms with Crippen LogP contribution in [0.1, 0.15) is 18.9 Å². The van der Waals surface area contributed by atoms with Crippen molar-refractivity contribution in [2.75, 3.05) is 7.11 Å². The van der Waals surface area contributed by atoms with Crippen LogP contribution in [0, 0.1) is 0 Å². The monoisotopic (exact) mass is 269 g/mol. The normalized spacial score (nSPS) is 13.7. The molecule has 0 spiro atoms. The van der Waals surface area contributed by atoms with Crippen molar-refractivity contribution in [2.45, 2.75) is 25.0 Å². The van der Waals surface area contributed by atoms with Crippen LogP contribution in [0.4, 0.5) is 0 Å². The van der Waals surface area contributed by atoms with E-state index in [9.17, 15) is 8.42 Å². The molecule has 0 aliphatic heterocycles. The van der Waals surface area contributed by atoms with E-state index in [-0.39, 0.29) is 0 Å². The Labute approximate surface area is 109 Å². The van der Waals surface area contributed by atoms with Gasteiger partial charge in [0, 0.05) is 0 Å². The average Bonchev–Trinajstić information content (AvgIpc) is 2.34. The maximum absolute atomic E-state index is 11.0. The second-order valence-electron chi connectivity index (χ2n) is 4.16. The standard InChI is InChI=1S/C13H19NO3S/c1-11(18(14,15)16)5-3-4-6-12-7-9-13(17-2)10-8-12/h3-4,7-11H,5-6H2,1-2H3,(H2,14,15,16). The Morgan fingerprint density at radius 3 is 2.39 bits per heavy atom. The molecule has 1 aromatic rings. The van der Waals surface area contributed by atoms with Crippen molar-refractivity contribution in [3.63, 3.8) is 0 Å². The molecule has 0 saturated carbocycles. The number of sulfonamides is 1. The first-order valence-electron chi connectivity index (χ1n) is 5.73. The van der Waals surface area contributed by atoms with Gasteiger partial charge in [-0.15, -0.1) is 0 Å². The number of rotatable bonds is 6. The number of ether oxygens (including phenoxy) is 1. The molecule has 0 saturated heterocycles. The van der Waals surface area contributed by atoms with Crippen molar-refractivity contribution in [1.82, 2.24) is 0 Å². The summed E-state index contributed by atoms with van der Waals surface area (Å²) in [7, 11) is -1.80. The van der Waals surface area contributed by atoms with Gasteiger partial charge in [-0.2, -0.15) is 0 Å². The summed E-state index contributed by atoms with van der Waals surface area (Å²) in [6.07, 6.45) is 5.00. The first-order valence-corrected chi connectivity index (χ1v) is 7.34. The van der Waals surface area contributed by atoms with Crippen LogP contribution in [-0.2, 0) is 16.4 Å². The van der Waals surface area contributed by atoms with Crippen LogP contribution in [0.2, 0.25) is 0 Å². The summed E-state index contributed by atoms with van der Waals surface area (Å²) in [5.74, 6) is 0.825. The molecule has 4 nitrogen and oxygen atoms in total. The summed E-state index contributed by atoms with van der Waals surface area (Å²) in [6, 6.07) is 7.75. The molecule has 18 heavy (non-hydrogen) atoms. The lowest BCUT2D eigenvalue weighted by atomic mass is 10.1. The minimum Gasteiger partial charge on any atom is -0.497 e. The molecular formula is C13H19NO3S. The molecule has 0 amide bonds. The third-order valence-corrected chi connectivity index (χ3v) is 4.02. The summed E-state index contributed by atoms with van der Waals surface area (Å²) in [5, 5.41) is 4.49. The predicted molar refractivity (Wildman–Crippen MR) is 73.0 cm³/mol. The molecule has 0 heterocycles. The number of hydrogen-bond acceptors (Lipinski definition) is 3. The van der Waals surface area contributed by atoms with E-state index in [0.717, 1.165) is 17.7 Å². The molecule has 0 aromatic heterocycles. The Morgan fingerprint density at radius 1 is 1.28 bits per heavy atom. The number of methoxy groups -OCH3 is 1. The zero-order valence-electron chi connectivity index (χ0n) is 10.7. The molecule has 5 heteroatoms. The van der Waals surface area contributed by atoms with E-state index < -0.39 is 15.3 Å². The van der Waals surface area contributed by atoms with E-state index in [4.69, 9.17) is 9.88 Å². The van der Waals surface area contributed by atoms with Crippen LogP contribution < -0.4 is 9.88 Å². The van der Waals surface area contributed by atoms with Crippen molar-refractivity contribution in [2.24, 2.45) is 5.14 Å². The van der Waals surface area contributed by atoms with E-state index in [1.54, 1.807) is 14.0 Å². The van der Waals surface area contributed by atoms with Gasteiger partial charge in [0.1, 0.15) is 5.75 Å². The lowest BCUT2D eigenvalue weighted by Gasteiger charge is -2.04. The fourth-order valence-electron chi connectivity index (χ4n) is 1.40. The Hall–Kier alpha value is -1.33. The molecule has 0 fully saturated rings. The summed E-state index contributed by atoms with van der Waals surface area (Å²) >= 11 is 0. The highest BCUT2D eigenvalue weighted by molar-refractivity contribution is 7.89. The van der Waals surface area contributed by atoms with Gasteiger partial charge < -0.3 is 4.74 Å². The third kappa shape index (κ3) is 4.89. The maximum atomic E-state index is 11.0. The number of primary sulfonamides is 1. The molecule has 0 aliphatic carbocycles. The smallest absolute Gasteiger partial charge is 0.211 e. The van der Waals surface area contributed by atoms with Gasteiger partial charge in [-0.05, 0) is 37.5 Å². The molecular weight excluding hydrogens is 250 g/mol. The second kappa shape index (κ2) is 6.56. The lowest BCUT2D eigenvalue weighted by Crippen LogP contribution is -2.25. The van der Waals surface area contributed by atoms with Gasteiger partial charge in [0.15, 0.2) is 0 Å². The van der Waals surface area contributed by atoms with Crippen LogP contribution >= 0.6 is 0 Å². The van der Waals surface area contributed by atoms with Gasteiger partial charge in [-0.3, -0.25) is 0 Å². The zero-order valence-corrected chi connectivity index (χ0v) is 11.5. The van der Waals surface area contributed by atoms with Crippen LogP contribution in [-0.4, -0.2) is 20.8 Å². The van der Waals surface area contributed by atoms with E-state index >= 15 is 0 Å². The Balaban J connectivity index is 2.45. The molecule has 2 N–H and O–H groups in total. The van der Waals surface area contributed by atoms with Gasteiger partial charge in [0.05, 0.1) is 12.4 Å². The van der Waals surface area contributed by atoms with E-state index in [0.29, 0.717) is 6.42 Å². The highest BCUT2D eigenvalue weighted by Gasteiger charge is 2.12. The van der Waals surface area contributed by atoms with Gasteiger partial charge in [0.25, 0.3) is 0 Å². The van der Waals surface area contributed by atoms with Crippen molar-refractivity contribution >= 4 is 10.0 Å². The van der Waals surface area contributed by atoms with E-state index in [2.05, 4.69) is 0 Å². The fraction of sp³-hybridized carbons (Fsp3) is 0.385. The first kappa shape index (κ1) is 14.7. The molecule has 0 bridgehead atoms. The average molecular weight is 269 g/mol. The van der Waals surface area contributed by atoms with Crippen molar-refractivity contribution < 1.29 is 13.2 Å². The summed E-state index contributed by atoms with van der Waals surface area (Å²) < 4.78 is 27.1. The van der Waals surface area contributed by atoms with Crippen molar-refractivity contribution in [1.29, 1.82) is 0 Å². The van der Waals surface area contributed by atoms with Crippen LogP contribution in [0.25, 0.3) is 0 Å². The summed E-state index contributed by atoms with van der Waals surface area (Å²) in [6.45, 7) is 1.60. The van der Waals surface area contributed by atoms with Gasteiger partial charge >= 0.3 is 0 Å². The third-order valence-electron chi connectivity index (χ3n) is 2.71. The molecule has 0 aliphatic rings. The number of hydrogen-bond donors (Lipinski definition) is 1. The number of allylic oxidation sites excluding steroid dienone is 2. The lowest BCUT2D eigenvalue weighted by molar-refractivity contribution is 0.414. The maximum Gasteiger partial charge on any atom is 0.211 e.